The molecule has 0 fully saturated rings. The van der Waals surface area contributed by atoms with Crippen molar-refractivity contribution in [3.63, 3.8) is 0 Å². The van der Waals surface area contributed by atoms with Gasteiger partial charge in [-0.2, -0.15) is 0 Å². The number of rotatable bonds is 9. The molecule has 2 rings (SSSR count). The van der Waals surface area contributed by atoms with Gasteiger partial charge in [0.2, 0.25) is 5.91 Å². The Morgan fingerprint density at radius 3 is 2.71 bits per heavy atom. The van der Waals surface area contributed by atoms with Crippen LogP contribution < -0.4 is 5.32 Å². The second-order valence-corrected chi connectivity index (χ2v) is 7.47. The van der Waals surface area contributed by atoms with Crippen molar-refractivity contribution in [1.29, 1.82) is 0 Å². The summed E-state index contributed by atoms with van der Waals surface area (Å²) in [6, 6.07) is 9.69. The Morgan fingerprint density at radius 2 is 1.96 bits per heavy atom. The first kappa shape index (κ1) is 19.1. The maximum absolute atomic E-state index is 11.7. The molecule has 0 saturated heterocycles. The minimum atomic E-state index is 0.0392. The standard InChI is InChI=1S/C17H20ClN3OS2/c1-2-3-8-19-15(22)11-24-17-9-16(20-12-21-17)23-10-13-6-4-5-7-14(13)18/h4-7,9,12H,2-3,8,10-11H2,1H3,(H,19,22). The van der Waals surface area contributed by atoms with E-state index in [1.165, 1.54) is 18.1 Å². The van der Waals surface area contributed by atoms with Crippen LogP contribution in [0.15, 0.2) is 46.7 Å². The lowest BCUT2D eigenvalue weighted by molar-refractivity contribution is -0.118. The summed E-state index contributed by atoms with van der Waals surface area (Å²) in [5, 5.41) is 5.34. The summed E-state index contributed by atoms with van der Waals surface area (Å²) in [7, 11) is 0. The molecule has 4 nitrogen and oxygen atoms in total. The van der Waals surface area contributed by atoms with Crippen LogP contribution >= 0.6 is 35.1 Å². The molecule has 24 heavy (non-hydrogen) atoms. The zero-order chi connectivity index (χ0) is 17.2. The first-order chi connectivity index (χ1) is 11.7. The third-order valence-electron chi connectivity index (χ3n) is 3.15. The third kappa shape index (κ3) is 6.71. The summed E-state index contributed by atoms with van der Waals surface area (Å²) in [6.45, 7) is 2.84. The summed E-state index contributed by atoms with van der Waals surface area (Å²) < 4.78 is 0. The highest BCUT2D eigenvalue weighted by atomic mass is 35.5. The number of carbonyl (C=O) groups is 1. The largest absolute Gasteiger partial charge is 0.355 e. The molecular weight excluding hydrogens is 362 g/mol. The number of aromatic nitrogens is 2. The zero-order valence-electron chi connectivity index (χ0n) is 13.5. The Labute approximate surface area is 156 Å². The molecule has 0 saturated carbocycles. The molecule has 1 N–H and O–H groups in total. The molecule has 128 valence electrons. The monoisotopic (exact) mass is 381 g/mol. The summed E-state index contributed by atoms with van der Waals surface area (Å²) in [4.78, 5) is 20.2. The maximum atomic E-state index is 11.7. The summed E-state index contributed by atoms with van der Waals surface area (Å²) in [5.41, 5.74) is 1.08. The average Bonchev–Trinajstić information content (AvgIpc) is 2.60. The molecule has 1 amide bonds. The number of unbranched alkanes of at least 4 members (excludes halogenated alkanes) is 1. The number of nitrogens with one attached hydrogen (secondary N) is 1. The Kier molecular flexibility index (Phi) is 8.42. The van der Waals surface area contributed by atoms with Crippen LogP contribution in [0.1, 0.15) is 25.3 Å². The minimum absolute atomic E-state index is 0.0392. The van der Waals surface area contributed by atoms with Gasteiger partial charge in [-0.25, -0.2) is 9.97 Å². The Balaban J connectivity index is 1.83. The van der Waals surface area contributed by atoms with Crippen molar-refractivity contribution < 1.29 is 4.79 Å². The molecule has 0 aliphatic carbocycles. The fourth-order valence-corrected chi connectivity index (χ4v) is 3.77. The third-order valence-corrected chi connectivity index (χ3v) is 5.42. The van der Waals surface area contributed by atoms with Gasteiger partial charge in [0, 0.05) is 23.4 Å². The quantitative estimate of drug-likeness (QED) is 0.395. The number of amides is 1. The van der Waals surface area contributed by atoms with Gasteiger partial charge in [0.1, 0.15) is 16.4 Å². The van der Waals surface area contributed by atoms with Crippen molar-refractivity contribution >= 4 is 41.0 Å². The van der Waals surface area contributed by atoms with Gasteiger partial charge in [-0.3, -0.25) is 4.79 Å². The Hall–Kier alpha value is -1.24. The predicted molar refractivity (Wildman–Crippen MR) is 102 cm³/mol. The molecule has 0 aliphatic rings. The molecule has 1 heterocycles. The van der Waals surface area contributed by atoms with E-state index in [-0.39, 0.29) is 5.91 Å². The van der Waals surface area contributed by atoms with Gasteiger partial charge in [0.25, 0.3) is 0 Å². The van der Waals surface area contributed by atoms with Gasteiger partial charge in [-0.1, -0.05) is 54.9 Å². The lowest BCUT2D eigenvalue weighted by Gasteiger charge is -2.06. The van der Waals surface area contributed by atoms with Crippen molar-refractivity contribution in [2.24, 2.45) is 0 Å². The van der Waals surface area contributed by atoms with E-state index in [0.29, 0.717) is 5.75 Å². The fraction of sp³-hybridized carbons (Fsp3) is 0.353. The highest BCUT2D eigenvalue weighted by Crippen LogP contribution is 2.27. The highest BCUT2D eigenvalue weighted by molar-refractivity contribution is 8.00. The van der Waals surface area contributed by atoms with Gasteiger partial charge in [-0.15, -0.1) is 11.8 Å². The lowest BCUT2D eigenvalue weighted by Crippen LogP contribution is -2.26. The molecule has 0 atom stereocenters. The van der Waals surface area contributed by atoms with Crippen LogP contribution in [0.4, 0.5) is 0 Å². The smallest absolute Gasteiger partial charge is 0.230 e. The number of nitrogens with zero attached hydrogens (tertiary/aromatic N) is 2. The van der Waals surface area contributed by atoms with Crippen LogP contribution in [0.2, 0.25) is 5.02 Å². The Bertz CT molecular complexity index is 670. The van der Waals surface area contributed by atoms with Gasteiger partial charge < -0.3 is 5.32 Å². The highest BCUT2D eigenvalue weighted by Gasteiger charge is 2.06. The second kappa shape index (κ2) is 10.6. The van der Waals surface area contributed by atoms with Crippen LogP contribution in [-0.4, -0.2) is 28.2 Å². The molecule has 1 aromatic heterocycles. The Morgan fingerprint density at radius 1 is 1.21 bits per heavy atom. The molecule has 0 spiro atoms. The summed E-state index contributed by atoms with van der Waals surface area (Å²) >= 11 is 9.19. The van der Waals surface area contributed by atoms with Crippen molar-refractivity contribution in [1.82, 2.24) is 15.3 Å². The van der Waals surface area contributed by atoms with Crippen LogP contribution in [0.3, 0.4) is 0 Å². The van der Waals surface area contributed by atoms with Gasteiger partial charge in [0.15, 0.2) is 0 Å². The van der Waals surface area contributed by atoms with E-state index in [9.17, 15) is 4.79 Å². The molecule has 2 aromatic rings. The van der Waals surface area contributed by atoms with E-state index in [0.717, 1.165) is 45.8 Å². The van der Waals surface area contributed by atoms with E-state index in [4.69, 9.17) is 11.6 Å². The number of halogens is 1. The zero-order valence-corrected chi connectivity index (χ0v) is 15.9. The minimum Gasteiger partial charge on any atom is -0.355 e. The average molecular weight is 382 g/mol. The van der Waals surface area contributed by atoms with E-state index in [1.807, 2.05) is 30.3 Å². The molecule has 0 unspecified atom stereocenters. The summed E-state index contributed by atoms with van der Waals surface area (Å²) in [6.07, 6.45) is 3.62. The predicted octanol–water partition coefficient (Wildman–Crippen LogP) is 4.43. The summed E-state index contributed by atoms with van der Waals surface area (Å²) in [5.74, 6) is 1.16. The van der Waals surface area contributed by atoms with Crippen molar-refractivity contribution in [2.75, 3.05) is 12.3 Å². The lowest BCUT2D eigenvalue weighted by atomic mass is 10.2. The van der Waals surface area contributed by atoms with E-state index >= 15 is 0 Å². The number of benzene rings is 1. The maximum Gasteiger partial charge on any atom is 0.230 e. The molecule has 1 aromatic carbocycles. The van der Waals surface area contributed by atoms with E-state index in [2.05, 4.69) is 22.2 Å². The van der Waals surface area contributed by atoms with Crippen molar-refractivity contribution in [3.8, 4) is 0 Å². The number of hydrogen-bond donors (Lipinski definition) is 1. The molecule has 0 radical (unpaired) electrons. The molecule has 7 heteroatoms. The fourth-order valence-electron chi connectivity index (χ4n) is 1.84. The normalized spacial score (nSPS) is 10.6. The van der Waals surface area contributed by atoms with Crippen LogP contribution in [0.5, 0.6) is 0 Å². The number of carbonyl (C=O) groups excluding carboxylic acids is 1. The van der Waals surface area contributed by atoms with Gasteiger partial charge in [0.05, 0.1) is 5.75 Å². The first-order valence-electron chi connectivity index (χ1n) is 7.76. The SMILES string of the molecule is CCCCNC(=O)CSc1cc(SCc2ccccc2Cl)ncn1. The molecule has 0 aliphatic heterocycles. The molecule has 0 bridgehead atoms. The van der Waals surface area contributed by atoms with E-state index in [1.54, 1.807) is 11.8 Å². The topological polar surface area (TPSA) is 54.9 Å². The van der Waals surface area contributed by atoms with Gasteiger partial charge >= 0.3 is 0 Å². The van der Waals surface area contributed by atoms with Crippen LogP contribution in [0, 0.1) is 0 Å². The van der Waals surface area contributed by atoms with E-state index < -0.39 is 0 Å². The van der Waals surface area contributed by atoms with Gasteiger partial charge in [-0.05, 0) is 18.1 Å². The first-order valence-corrected chi connectivity index (χ1v) is 10.1. The number of hydrogen-bond acceptors (Lipinski definition) is 5. The van der Waals surface area contributed by atoms with Crippen molar-refractivity contribution in [3.05, 3.63) is 47.2 Å². The van der Waals surface area contributed by atoms with Crippen LogP contribution in [0.25, 0.3) is 0 Å². The van der Waals surface area contributed by atoms with Crippen LogP contribution in [-0.2, 0) is 10.5 Å². The second-order valence-electron chi connectivity index (χ2n) is 5.07. The molecular formula is C17H20ClN3OS2. The van der Waals surface area contributed by atoms with Crippen molar-refractivity contribution in [2.45, 2.75) is 35.6 Å². The number of thioether (sulfide) groups is 2.